The highest BCUT2D eigenvalue weighted by Gasteiger charge is 2.13. The lowest BCUT2D eigenvalue weighted by Crippen LogP contribution is -2.19. The Kier molecular flexibility index (Phi) is 3.63. The van der Waals surface area contributed by atoms with Crippen LogP contribution in [0, 0.1) is 19.7 Å². The molecule has 0 amide bonds. The molecule has 5 heteroatoms. The van der Waals surface area contributed by atoms with Crippen LogP contribution in [-0.2, 0) is 6.54 Å². The molecule has 2 heterocycles. The van der Waals surface area contributed by atoms with Gasteiger partial charge in [-0.25, -0.2) is 4.39 Å². The zero-order valence-electron chi connectivity index (χ0n) is 12.3. The van der Waals surface area contributed by atoms with Crippen molar-refractivity contribution in [3.05, 3.63) is 75.8 Å². The van der Waals surface area contributed by atoms with Gasteiger partial charge in [-0.1, -0.05) is 23.4 Å². The third kappa shape index (κ3) is 2.57. The summed E-state index contributed by atoms with van der Waals surface area (Å²) in [5, 5.41) is 3.92. The zero-order valence-corrected chi connectivity index (χ0v) is 12.3. The number of hydrogen-bond donors (Lipinski definition) is 0. The van der Waals surface area contributed by atoms with E-state index >= 15 is 0 Å². The highest BCUT2D eigenvalue weighted by atomic mass is 19.1. The molecule has 0 atom stereocenters. The van der Waals surface area contributed by atoms with E-state index in [2.05, 4.69) is 5.16 Å². The van der Waals surface area contributed by atoms with Crippen LogP contribution in [0.15, 0.2) is 51.9 Å². The van der Waals surface area contributed by atoms with Crippen LogP contribution in [0.2, 0.25) is 0 Å². The van der Waals surface area contributed by atoms with Crippen LogP contribution < -0.4 is 5.56 Å². The van der Waals surface area contributed by atoms with Crippen LogP contribution in [0.3, 0.4) is 0 Å². The third-order valence-electron chi connectivity index (χ3n) is 3.60. The molecule has 0 aliphatic carbocycles. The topological polar surface area (TPSA) is 48.0 Å². The number of aromatic nitrogens is 2. The second-order valence-corrected chi connectivity index (χ2v) is 5.17. The summed E-state index contributed by atoms with van der Waals surface area (Å²) >= 11 is 0. The standard InChI is InChI=1S/C17H15FN2O2/c1-11-17(12(2)22-19-11)14-7-8-16(21)20(10-14)9-13-5-3-4-6-15(13)18/h3-8,10H,9H2,1-2H3. The second kappa shape index (κ2) is 5.60. The molecule has 2 aromatic heterocycles. The maximum Gasteiger partial charge on any atom is 0.250 e. The number of nitrogens with zero attached hydrogens (tertiary/aromatic N) is 2. The molecule has 3 rings (SSSR count). The molecule has 0 saturated carbocycles. The lowest BCUT2D eigenvalue weighted by atomic mass is 10.1. The van der Waals surface area contributed by atoms with Gasteiger partial charge in [0.15, 0.2) is 0 Å². The molecular formula is C17H15FN2O2. The molecule has 0 fully saturated rings. The fraction of sp³-hybridized carbons (Fsp3) is 0.176. The van der Waals surface area contributed by atoms with E-state index in [-0.39, 0.29) is 17.9 Å². The summed E-state index contributed by atoms with van der Waals surface area (Å²) in [6.07, 6.45) is 1.71. The molecule has 0 saturated heterocycles. The summed E-state index contributed by atoms with van der Waals surface area (Å²) in [7, 11) is 0. The molecule has 0 N–H and O–H groups in total. The van der Waals surface area contributed by atoms with Gasteiger partial charge < -0.3 is 9.09 Å². The van der Waals surface area contributed by atoms with Gasteiger partial charge in [0.05, 0.1) is 12.2 Å². The van der Waals surface area contributed by atoms with Gasteiger partial charge >= 0.3 is 0 Å². The minimum atomic E-state index is -0.322. The predicted molar refractivity (Wildman–Crippen MR) is 81.2 cm³/mol. The fourth-order valence-corrected chi connectivity index (χ4v) is 2.51. The summed E-state index contributed by atoms with van der Waals surface area (Å²) in [6, 6.07) is 9.64. The largest absolute Gasteiger partial charge is 0.361 e. The number of benzene rings is 1. The number of halogens is 1. The van der Waals surface area contributed by atoms with Crippen molar-refractivity contribution in [3.63, 3.8) is 0 Å². The SMILES string of the molecule is Cc1noc(C)c1-c1ccc(=O)n(Cc2ccccc2F)c1. The van der Waals surface area contributed by atoms with E-state index in [4.69, 9.17) is 4.52 Å². The van der Waals surface area contributed by atoms with Gasteiger partial charge in [0.25, 0.3) is 5.56 Å². The Morgan fingerprint density at radius 1 is 1.18 bits per heavy atom. The van der Waals surface area contributed by atoms with Gasteiger partial charge in [0.2, 0.25) is 0 Å². The van der Waals surface area contributed by atoms with Crippen molar-refractivity contribution >= 4 is 0 Å². The summed E-state index contributed by atoms with van der Waals surface area (Å²) in [5.41, 5.74) is 2.74. The average molecular weight is 298 g/mol. The van der Waals surface area contributed by atoms with Gasteiger partial charge in [-0.05, 0) is 26.0 Å². The van der Waals surface area contributed by atoms with E-state index in [0.717, 1.165) is 16.8 Å². The lowest BCUT2D eigenvalue weighted by molar-refractivity contribution is 0.393. The van der Waals surface area contributed by atoms with Crippen molar-refractivity contribution in [1.82, 2.24) is 9.72 Å². The highest BCUT2D eigenvalue weighted by molar-refractivity contribution is 5.66. The van der Waals surface area contributed by atoms with Gasteiger partial charge in [0, 0.05) is 29.0 Å². The first kappa shape index (κ1) is 14.3. The Bertz CT molecular complexity index is 861. The molecule has 0 spiro atoms. The van der Waals surface area contributed by atoms with E-state index in [9.17, 15) is 9.18 Å². The molecule has 112 valence electrons. The summed E-state index contributed by atoms with van der Waals surface area (Å²) in [4.78, 5) is 12.0. The van der Waals surface area contributed by atoms with Crippen molar-refractivity contribution in [3.8, 4) is 11.1 Å². The zero-order chi connectivity index (χ0) is 15.7. The molecular weight excluding hydrogens is 283 g/mol. The van der Waals surface area contributed by atoms with Gasteiger partial charge in [-0.15, -0.1) is 0 Å². The van der Waals surface area contributed by atoms with Crippen molar-refractivity contribution < 1.29 is 8.91 Å². The van der Waals surface area contributed by atoms with Crippen molar-refractivity contribution in [2.75, 3.05) is 0 Å². The Morgan fingerprint density at radius 2 is 1.95 bits per heavy atom. The summed E-state index contributed by atoms with van der Waals surface area (Å²) in [6.45, 7) is 3.85. The number of rotatable bonds is 3. The van der Waals surface area contributed by atoms with E-state index in [1.165, 1.54) is 16.7 Å². The Balaban J connectivity index is 2.05. The molecule has 1 aromatic carbocycles. The first-order chi connectivity index (χ1) is 10.6. The van der Waals surface area contributed by atoms with E-state index in [1.807, 2.05) is 13.8 Å². The normalized spacial score (nSPS) is 10.9. The quantitative estimate of drug-likeness (QED) is 0.745. The van der Waals surface area contributed by atoms with Crippen LogP contribution in [-0.4, -0.2) is 9.72 Å². The lowest BCUT2D eigenvalue weighted by Gasteiger charge is -2.09. The smallest absolute Gasteiger partial charge is 0.250 e. The van der Waals surface area contributed by atoms with Crippen LogP contribution >= 0.6 is 0 Å². The third-order valence-corrected chi connectivity index (χ3v) is 3.60. The molecule has 0 bridgehead atoms. The molecule has 3 aromatic rings. The molecule has 0 unspecified atom stereocenters. The van der Waals surface area contributed by atoms with Gasteiger partial charge in [0.1, 0.15) is 11.6 Å². The van der Waals surface area contributed by atoms with Crippen LogP contribution in [0.25, 0.3) is 11.1 Å². The van der Waals surface area contributed by atoms with E-state index < -0.39 is 0 Å². The maximum absolute atomic E-state index is 13.8. The molecule has 0 radical (unpaired) electrons. The number of pyridine rings is 1. The Morgan fingerprint density at radius 3 is 2.64 bits per heavy atom. The molecule has 4 nitrogen and oxygen atoms in total. The van der Waals surface area contributed by atoms with Crippen LogP contribution in [0.4, 0.5) is 4.39 Å². The van der Waals surface area contributed by atoms with Crippen LogP contribution in [0.1, 0.15) is 17.0 Å². The van der Waals surface area contributed by atoms with E-state index in [0.29, 0.717) is 11.3 Å². The Labute approximate surface area is 126 Å². The molecule has 0 aliphatic heterocycles. The van der Waals surface area contributed by atoms with Crippen LogP contribution in [0.5, 0.6) is 0 Å². The van der Waals surface area contributed by atoms with E-state index in [1.54, 1.807) is 30.5 Å². The maximum atomic E-state index is 13.8. The highest BCUT2D eigenvalue weighted by Crippen LogP contribution is 2.25. The summed E-state index contributed by atoms with van der Waals surface area (Å²) in [5.74, 6) is 0.366. The van der Waals surface area contributed by atoms with Crippen molar-refractivity contribution in [2.24, 2.45) is 0 Å². The minimum absolute atomic E-state index is 0.182. The second-order valence-electron chi connectivity index (χ2n) is 5.17. The Hall–Kier alpha value is -2.69. The number of hydrogen-bond acceptors (Lipinski definition) is 3. The van der Waals surface area contributed by atoms with Crippen molar-refractivity contribution in [2.45, 2.75) is 20.4 Å². The first-order valence-electron chi connectivity index (χ1n) is 6.93. The monoisotopic (exact) mass is 298 g/mol. The summed E-state index contributed by atoms with van der Waals surface area (Å²) < 4.78 is 20.4. The van der Waals surface area contributed by atoms with Gasteiger partial charge in [-0.3, -0.25) is 4.79 Å². The minimum Gasteiger partial charge on any atom is -0.361 e. The van der Waals surface area contributed by atoms with Crippen molar-refractivity contribution in [1.29, 1.82) is 0 Å². The average Bonchev–Trinajstić information content (AvgIpc) is 2.83. The predicted octanol–water partition coefficient (Wildman–Crippen LogP) is 3.31. The molecule has 22 heavy (non-hydrogen) atoms. The fourth-order valence-electron chi connectivity index (χ4n) is 2.51. The first-order valence-corrected chi connectivity index (χ1v) is 6.93. The number of aryl methyl sites for hydroxylation is 2. The molecule has 0 aliphatic rings. The van der Waals surface area contributed by atoms with Gasteiger partial charge in [-0.2, -0.15) is 0 Å².